The van der Waals surface area contributed by atoms with Crippen molar-refractivity contribution in [2.75, 3.05) is 18.9 Å². The van der Waals surface area contributed by atoms with E-state index in [0.717, 1.165) is 31.4 Å². The number of carbonyl (C=O) groups is 1. The smallest absolute Gasteiger partial charge is 0.246 e. The summed E-state index contributed by atoms with van der Waals surface area (Å²) in [6, 6.07) is 7.36. The quantitative estimate of drug-likeness (QED) is 0.641. The van der Waals surface area contributed by atoms with Crippen molar-refractivity contribution in [3.63, 3.8) is 0 Å². The van der Waals surface area contributed by atoms with Crippen molar-refractivity contribution in [1.82, 2.24) is 4.90 Å². The molecule has 1 aromatic carbocycles. The minimum atomic E-state index is -0.0406. The minimum Gasteiger partial charge on any atom is -0.399 e. The Morgan fingerprint density at radius 2 is 2.32 bits per heavy atom. The van der Waals surface area contributed by atoms with Crippen LogP contribution in [0, 0.1) is 0 Å². The van der Waals surface area contributed by atoms with Crippen LogP contribution in [0.25, 0.3) is 6.08 Å². The van der Waals surface area contributed by atoms with Gasteiger partial charge in [-0.3, -0.25) is 4.79 Å². The molecule has 1 fully saturated rings. The second kappa shape index (κ2) is 6.38. The van der Waals surface area contributed by atoms with Gasteiger partial charge in [0.25, 0.3) is 0 Å². The molecule has 1 amide bonds. The number of hydrogen-bond donors (Lipinski definition) is 2. The lowest BCUT2D eigenvalue weighted by Gasteiger charge is -2.33. The number of likely N-dealkylation sites (tertiary alicyclic amines) is 1. The SMILES string of the molecule is Nc1cccc(/C=C/C(=O)N2CCCCC2CO)c1. The molecule has 3 N–H and O–H groups in total. The molecule has 1 atom stereocenters. The molecule has 1 aromatic rings. The number of rotatable bonds is 3. The number of piperidine rings is 1. The first kappa shape index (κ1) is 13.6. The minimum absolute atomic E-state index is 0.0354. The van der Waals surface area contributed by atoms with Gasteiger partial charge in [-0.25, -0.2) is 0 Å². The number of amides is 1. The number of nitrogen functional groups attached to an aromatic ring is 1. The highest BCUT2D eigenvalue weighted by Crippen LogP contribution is 2.17. The van der Waals surface area contributed by atoms with E-state index in [1.54, 1.807) is 17.1 Å². The molecular weight excluding hydrogens is 240 g/mol. The van der Waals surface area contributed by atoms with Crippen LogP contribution < -0.4 is 5.73 Å². The molecular formula is C15H20N2O2. The fraction of sp³-hybridized carbons (Fsp3) is 0.400. The van der Waals surface area contributed by atoms with Crippen LogP contribution in [0.2, 0.25) is 0 Å². The molecule has 4 heteroatoms. The van der Waals surface area contributed by atoms with Crippen LogP contribution >= 0.6 is 0 Å². The lowest BCUT2D eigenvalue weighted by atomic mass is 10.0. The number of carbonyl (C=O) groups excluding carboxylic acids is 1. The third-order valence-electron chi connectivity index (χ3n) is 3.45. The van der Waals surface area contributed by atoms with Crippen molar-refractivity contribution in [3.8, 4) is 0 Å². The van der Waals surface area contributed by atoms with Crippen molar-refractivity contribution >= 4 is 17.7 Å². The number of aliphatic hydroxyl groups is 1. The Labute approximate surface area is 113 Å². The third-order valence-corrected chi connectivity index (χ3v) is 3.45. The zero-order valence-electron chi connectivity index (χ0n) is 11.0. The Bertz CT molecular complexity index is 471. The fourth-order valence-corrected chi connectivity index (χ4v) is 2.41. The number of hydrogen-bond acceptors (Lipinski definition) is 3. The summed E-state index contributed by atoms with van der Waals surface area (Å²) >= 11 is 0. The summed E-state index contributed by atoms with van der Waals surface area (Å²) < 4.78 is 0. The third kappa shape index (κ3) is 3.58. The van der Waals surface area contributed by atoms with E-state index < -0.39 is 0 Å². The highest BCUT2D eigenvalue weighted by molar-refractivity contribution is 5.92. The first-order valence-corrected chi connectivity index (χ1v) is 6.66. The number of anilines is 1. The van der Waals surface area contributed by atoms with Crippen LogP contribution in [-0.2, 0) is 4.79 Å². The van der Waals surface area contributed by atoms with Crippen LogP contribution in [0.15, 0.2) is 30.3 Å². The normalized spacial score (nSPS) is 19.8. The molecule has 1 heterocycles. The highest BCUT2D eigenvalue weighted by Gasteiger charge is 2.24. The molecule has 0 aromatic heterocycles. The van der Waals surface area contributed by atoms with E-state index in [-0.39, 0.29) is 18.6 Å². The predicted molar refractivity (Wildman–Crippen MR) is 76.3 cm³/mol. The monoisotopic (exact) mass is 260 g/mol. The molecule has 0 bridgehead atoms. The van der Waals surface area contributed by atoms with Gasteiger partial charge in [-0.05, 0) is 43.0 Å². The van der Waals surface area contributed by atoms with E-state index >= 15 is 0 Å². The van der Waals surface area contributed by atoms with Crippen molar-refractivity contribution < 1.29 is 9.90 Å². The van der Waals surface area contributed by atoms with E-state index in [0.29, 0.717) is 5.69 Å². The summed E-state index contributed by atoms with van der Waals surface area (Å²) in [6.07, 6.45) is 6.29. The van der Waals surface area contributed by atoms with Gasteiger partial charge in [-0.1, -0.05) is 12.1 Å². The van der Waals surface area contributed by atoms with Gasteiger partial charge in [-0.15, -0.1) is 0 Å². The Morgan fingerprint density at radius 1 is 1.47 bits per heavy atom. The van der Waals surface area contributed by atoms with Gasteiger partial charge in [0.05, 0.1) is 12.6 Å². The number of nitrogens with zero attached hydrogens (tertiary/aromatic N) is 1. The second-order valence-corrected chi connectivity index (χ2v) is 4.87. The average Bonchev–Trinajstić information content (AvgIpc) is 2.45. The maximum Gasteiger partial charge on any atom is 0.246 e. The number of benzene rings is 1. The maximum atomic E-state index is 12.1. The Kier molecular flexibility index (Phi) is 4.58. The summed E-state index contributed by atoms with van der Waals surface area (Å²) in [4.78, 5) is 13.9. The molecule has 19 heavy (non-hydrogen) atoms. The van der Waals surface area contributed by atoms with Crippen molar-refractivity contribution in [2.24, 2.45) is 0 Å². The molecule has 1 unspecified atom stereocenters. The van der Waals surface area contributed by atoms with Gasteiger partial charge in [-0.2, -0.15) is 0 Å². The summed E-state index contributed by atoms with van der Waals surface area (Å²) in [6.45, 7) is 0.767. The summed E-state index contributed by atoms with van der Waals surface area (Å²) in [5.74, 6) is -0.0406. The van der Waals surface area contributed by atoms with Crippen molar-refractivity contribution in [2.45, 2.75) is 25.3 Å². The first-order chi connectivity index (χ1) is 9.20. The fourth-order valence-electron chi connectivity index (χ4n) is 2.41. The van der Waals surface area contributed by atoms with Gasteiger partial charge in [0, 0.05) is 18.3 Å². The van der Waals surface area contributed by atoms with Crippen LogP contribution in [0.5, 0.6) is 0 Å². The second-order valence-electron chi connectivity index (χ2n) is 4.87. The first-order valence-electron chi connectivity index (χ1n) is 6.66. The molecule has 0 radical (unpaired) electrons. The molecule has 0 spiro atoms. The molecule has 102 valence electrons. The zero-order valence-corrected chi connectivity index (χ0v) is 11.0. The van der Waals surface area contributed by atoms with Gasteiger partial charge >= 0.3 is 0 Å². The zero-order chi connectivity index (χ0) is 13.7. The average molecular weight is 260 g/mol. The van der Waals surface area contributed by atoms with Gasteiger partial charge in [0.1, 0.15) is 0 Å². The Balaban J connectivity index is 2.03. The van der Waals surface area contributed by atoms with Crippen molar-refractivity contribution in [1.29, 1.82) is 0 Å². The maximum absolute atomic E-state index is 12.1. The van der Waals surface area contributed by atoms with Gasteiger partial charge in [0.2, 0.25) is 5.91 Å². The van der Waals surface area contributed by atoms with E-state index in [4.69, 9.17) is 5.73 Å². The van der Waals surface area contributed by atoms with Crippen LogP contribution in [0.4, 0.5) is 5.69 Å². The Hall–Kier alpha value is -1.81. The summed E-state index contributed by atoms with van der Waals surface area (Å²) in [5, 5.41) is 9.30. The summed E-state index contributed by atoms with van der Waals surface area (Å²) in [7, 11) is 0. The highest BCUT2D eigenvalue weighted by atomic mass is 16.3. The Morgan fingerprint density at radius 3 is 3.05 bits per heavy atom. The lowest BCUT2D eigenvalue weighted by molar-refractivity contribution is -0.130. The lowest BCUT2D eigenvalue weighted by Crippen LogP contribution is -2.44. The molecule has 0 saturated carbocycles. The largest absolute Gasteiger partial charge is 0.399 e. The summed E-state index contributed by atoms with van der Waals surface area (Å²) in [5.41, 5.74) is 7.28. The number of nitrogens with two attached hydrogens (primary N) is 1. The molecule has 1 aliphatic rings. The van der Waals surface area contributed by atoms with Crippen LogP contribution in [0.1, 0.15) is 24.8 Å². The van der Waals surface area contributed by atoms with Gasteiger partial charge < -0.3 is 15.7 Å². The molecule has 1 aliphatic heterocycles. The van der Waals surface area contributed by atoms with Gasteiger partial charge in [0.15, 0.2) is 0 Å². The molecule has 0 aliphatic carbocycles. The predicted octanol–water partition coefficient (Wildman–Crippen LogP) is 1.66. The van der Waals surface area contributed by atoms with E-state index in [1.165, 1.54) is 0 Å². The van der Waals surface area contributed by atoms with E-state index in [1.807, 2.05) is 24.3 Å². The van der Waals surface area contributed by atoms with Crippen LogP contribution in [0.3, 0.4) is 0 Å². The number of aliphatic hydroxyl groups excluding tert-OH is 1. The van der Waals surface area contributed by atoms with E-state index in [2.05, 4.69) is 0 Å². The topological polar surface area (TPSA) is 66.6 Å². The molecule has 1 saturated heterocycles. The van der Waals surface area contributed by atoms with Crippen molar-refractivity contribution in [3.05, 3.63) is 35.9 Å². The van der Waals surface area contributed by atoms with Crippen LogP contribution in [-0.4, -0.2) is 35.1 Å². The molecule has 4 nitrogen and oxygen atoms in total. The molecule has 2 rings (SSSR count). The van der Waals surface area contributed by atoms with E-state index in [9.17, 15) is 9.90 Å². The standard InChI is InChI=1S/C15H20N2O2/c16-13-5-3-4-12(10-13)7-8-15(19)17-9-2-1-6-14(17)11-18/h3-5,7-8,10,14,18H,1-2,6,9,11,16H2/b8-7+.